The number of hydrogen-bond donors (Lipinski definition) is 1. The molecule has 1 N–H and O–H groups in total. The van der Waals surface area contributed by atoms with E-state index in [-0.39, 0.29) is 24.1 Å². The lowest BCUT2D eigenvalue weighted by atomic mass is 10.0. The summed E-state index contributed by atoms with van der Waals surface area (Å²) in [5.41, 5.74) is 2.55. The van der Waals surface area contributed by atoms with Gasteiger partial charge >= 0.3 is 0 Å². The highest BCUT2D eigenvalue weighted by molar-refractivity contribution is 6.41. The third-order valence-corrected chi connectivity index (χ3v) is 8.07. The van der Waals surface area contributed by atoms with Crippen LogP contribution in [0.3, 0.4) is 0 Å². The number of carbonyl (C=O) groups excluding carboxylic acids is 2. The Morgan fingerprint density at radius 1 is 0.851 bits per heavy atom. The molecule has 1 amide bonds. The molecule has 1 aliphatic heterocycles. The lowest BCUT2D eigenvalue weighted by molar-refractivity contribution is -0.142. The van der Waals surface area contributed by atoms with Gasteiger partial charge in [0.1, 0.15) is 17.4 Å². The van der Waals surface area contributed by atoms with Crippen molar-refractivity contribution in [2.45, 2.75) is 13.0 Å². The lowest BCUT2D eigenvalue weighted by Crippen LogP contribution is -2.50. The maximum atomic E-state index is 14.5. The second-order valence-corrected chi connectivity index (χ2v) is 11.2. The molecule has 0 radical (unpaired) electrons. The Morgan fingerprint density at radius 3 is 2.23 bits per heavy atom. The minimum atomic E-state index is -0.969. The largest absolute Gasteiger partial charge is 0.507 e. The summed E-state index contributed by atoms with van der Waals surface area (Å²) in [5.74, 6) is -3.34. The second-order valence-electron chi connectivity index (χ2n) is 11.2. The van der Waals surface area contributed by atoms with E-state index in [0.29, 0.717) is 31.7 Å². The van der Waals surface area contributed by atoms with Crippen molar-refractivity contribution in [3.05, 3.63) is 154 Å². The van der Waals surface area contributed by atoms with Crippen molar-refractivity contribution in [3.8, 4) is 5.69 Å². The predicted molar refractivity (Wildman–Crippen MR) is 173 cm³/mol. The van der Waals surface area contributed by atoms with Gasteiger partial charge in [-0.3, -0.25) is 14.4 Å². The van der Waals surface area contributed by atoms with Gasteiger partial charge in [0.15, 0.2) is 0 Å². The van der Waals surface area contributed by atoms with E-state index in [1.807, 2.05) is 36.5 Å². The molecule has 0 saturated carbocycles. The van der Waals surface area contributed by atoms with Crippen molar-refractivity contribution in [2.24, 2.45) is 0 Å². The number of anilines is 1. The van der Waals surface area contributed by atoms with E-state index >= 15 is 0 Å². The Balaban J connectivity index is 1.18. The number of benzene rings is 3. The number of aliphatic hydroxyl groups is 1. The summed E-state index contributed by atoms with van der Waals surface area (Å²) >= 11 is 0. The highest BCUT2D eigenvalue weighted by atomic mass is 19.1. The van der Waals surface area contributed by atoms with E-state index in [4.69, 9.17) is 0 Å². The van der Waals surface area contributed by atoms with Crippen LogP contribution < -0.4 is 10.5 Å². The third-order valence-electron chi connectivity index (χ3n) is 8.07. The highest BCUT2D eigenvalue weighted by Crippen LogP contribution is 2.20. The van der Waals surface area contributed by atoms with E-state index in [1.165, 1.54) is 46.0 Å². The molecule has 1 aliphatic rings. The average molecular weight is 636 g/mol. The molecule has 0 unspecified atom stereocenters. The Labute approximate surface area is 269 Å². The summed E-state index contributed by atoms with van der Waals surface area (Å²) in [5, 5.41) is 15.2. The van der Waals surface area contributed by atoms with Crippen molar-refractivity contribution < 1.29 is 23.5 Å². The molecule has 9 nitrogen and oxygen atoms in total. The number of nitrogens with zero attached hydrogens (tertiary/aromatic N) is 5. The minimum absolute atomic E-state index is 0.133. The van der Waals surface area contributed by atoms with Gasteiger partial charge in [-0.1, -0.05) is 30.3 Å². The number of halogens is 2. The molecule has 5 aromatic rings. The number of aliphatic hydroxyl groups excluding tert-OH is 1. The fourth-order valence-corrected chi connectivity index (χ4v) is 5.57. The fraction of sp³-hybridized carbons (Fsp3) is 0.167. The zero-order valence-corrected chi connectivity index (χ0v) is 25.3. The van der Waals surface area contributed by atoms with Crippen LogP contribution in [0.25, 0.3) is 11.4 Å². The van der Waals surface area contributed by atoms with Crippen molar-refractivity contribution >= 4 is 23.1 Å². The molecular formula is C36H31F2N5O4. The Morgan fingerprint density at radius 2 is 1.55 bits per heavy atom. The van der Waals surface area contributed by atoms with Crippen LogP contribution in [0.1, 0.15) is 22.3 Å². The smallest absolute Gasteiger partial charge is 0.294 e. The molecule has 0 aliphatic carbocycles. The molecule has 1 fully saturated rings. The maximum absolute atomic E-state index is 14.5. The topological polar surface area (TPSA) is 101 Å². The molecule has 0 atom stereocenters. The van der Waals surface area contributed by atoms with E-state index in [9.17, 15) is 28.3 Å². The summed E-state index contributed by atoms with van der Waals surface area (Å²) < 4.78 is 31.0. The molecule has 3 aromatic carbocycles. The number of aromatic nitrogens is 3. The standard InChI is InChI=1S/C36H31F2N5O4/c37-28-8-6-25(7-9-28)20-26-21-31(35(46)42(23-26)24-27-4-1-2-5-32(27)38)33(44)22-34(45)36(47)41-18-16-40(17-19-41)29-10-12-30(13-11-29)43-15-3-14-39-43/h1-15,21-23,44H,16-20,24H2. The zero-order valence-electron chi connectivity index (χ0n) is 25.3. The first-order chi connectivity index (χ1) is 22.7. The van der Waals surface area contributed by atoms with Crippen LogP contribution in [0.4, 0.5) is 14.5 Å². The molecule has 2 aromatic heterocycles. The van der Waals surface area contributed by atoms with E-state index in [2.05, 4.69) is 10.00 Å². The average Bonchev–Trinajstić information content (AvgIpc) is 3.63. The van der Waals surface area contributed by atoms with Gasteiger partial charge in [-0.05, 0) is 72.1 Å². The van der Waals surface area contributed by atoms with Crippen molar-refractivity contribution in [3.63, 3.8) is 0 Å². The number of pyridine rings is 1. The Kier molecular flexibility index (Phi) is 9.05. The van der Waals surface area contributed by atoms with Crippen LogP contribution in [-0.2, 0) is 22.6 Å². The molecule has 47 heavy (non-hydrogen) atoms. The summed E-state index contributed by atoms with van der Waals surface area (Å²) in [4.78, 5) is 43.1. The SMILES string of the molecule is O=C(C=C(O)c1cc(Cc2ccc(F)cc2)cn(Cc2ccccc2F)c1=O)C(=O)N1CCN(c2ccc(-n3cccn3)cc2)CC1. The monoisotopic (exact) mass is 635 g/mol. The van der Waals surface area contributed by atoms with Gasteiger partial charge < -0.3 is 19.5 Å². The first-order valence-corrected chi connectivity index (χ1v) is 15.1. The van der Waals surface area contributed by atoms with Crippen molar-refractivity contribution in [1.29, 1.82) is 0 Å². The number of hydrogen-bond acceptors (Lipinski definition) is 6. The molecule has 0 spiro atoms. The maximum Gasteiger partial charge on any atom is 0.294 e. The number of rotatable bonds is 9. The summed E-state index contributed by atoms with van der Waals surface area (Å²) in [6, 6.07) is 22.9. The summed E-state index contributed by atoms with van der Waals surface area (Å²) in [7, 11) is 0. The van der Waals surface area contributed by atoms with Crippen LogP contribution in [0, 0.1) is 11.6 Å². The second kappa shape index (κ2) is 13.7. The molecule has 11 heteroatoms. The number of amides is 1. The van der Waals surface area contributed by atoms with Crippen molar-refractivity contribution in [2.75, 3.05) is 31.1 Å². The van der Waals surface area contributed by atoms with Gasteiger partial charge in [-0.15, -0.1) is 0 Å². The molecule has 3 heterocycles. The van der Waals surface area contributed by atoms with E-state index < -0.39 is 34.6 Å². The first-order valence-electron chi connectivity index (χ1n) is 15.1. The van der Waals surface area contributed by atoms with Crippen LogP contribution >= 0.6 is 0 Å². The van der Waals surface area contributed by atoms with Crippen LogP contribution in [0.5, 0.6) is 0 Å². The number of ketones is 1. The zero-order chi connectivity index (χ0) is 32.9. The van der Waals surface area contributed by atoms with Gasteiger partial charge in [0, 0.05) is 62.1 Å². The summed E-state index contributed by atoms with van der Waals surface area (Å²) in [6.45, 7) is 1.46. The molecule has 0 bridgehead atoms. The number of piperazine rings is 1. The van der Waals surface area contributed by atoms with Gasteiger partial charge in [0.05, 0.1) is 17.8 Å². The van der Waals surface area contributed by atoms with E-state index in [1.54, 1.807) is 35.1 Å². The molecule has 6 rings (SSSR count). The Hall–Kier alpha value is -5.84. The van der Waals surface area contributed by atoms with Gasteiger partial charge in [0.2, 0.25) is 5.78 Å². The minimum Gasteiger partial charge on any atom is -0.507 e. The predicted octanol–water partition coefficient (Wildman–Crippen LogP) is 4.77. The van der Waals surface area contributed by atoms with Crippen LogP contribution in [-0.4, -0.2) is 62.2 Å². The van der Waals surface area contributed by atoms with Gasteiger partial charge in [-0.25, -0.2) is 13.5 Å². The fourth-order valence-electron chi connectivity index (χ4n) is 5.57. The van der Waals surface area contributed by atoms with E-state index in [0.717, 1.165) is 23.0 Å². The summed E-state index contributed by atoms with van der Waals surface area (Å²) in [6.07, 6.45) is 6.12. The van der Waals surface area contributed by atoms with Gasteiger partial charge in [-0.2, -0.15) is 5.10 Å². The number of carbonyl (C=O) groups is 2. The third kappa shape index (κ3) is 7.19. The quantitative estimate of drug-likeness (QED) is 0.142. The lowest BCUT2D eigenvalue weighted by Gasteiger charge is -2.35. The molecular weight excluding hydrogens is 604 g/mol. The molecule has 1 saturated heterocycles. The molecule has 238 valence electrons. The normalized spacial score (nSPS) is 13.5. The van der Waals surface area contributed by atoms with Crippen LogP contribution in [0.2, 0.25) is 0 Å². The van der Waals surface area contributed by atoms with Crippen LogP contribution in [0.15, 0.2) is 114 Å². The first kappa shape index (κ1) is 31.2. The highest BCUT2D eigenvalue weighted by Gasteiger charge is 2.26. The van der Waals surface area contributed by atoms with Gasteiger partial charge in [0.25, 0.3) is 11.5 Å². The Bertz CT molecular complexity index is 1980. The van der Waals surface area contributed by atoms with Crippen molar-refractivity contribution in [1.82, 2.24) is 19.2 Å².